The summed E-state index contributed by atoms with van der Waals surface area (Å²) in [6, 6.07) is 0.623. The summed E-state index contributed by atoms with van der Waals surface area (Å²) < 4.78 is 5.72. The third kappa shape index (κ3) is 9.82. The van der Waals surface area contributed by atoms with E-state index in [9.17, 15) is 0 Å². The summed E-state index contributed by atoms with van der Waals surface area (Å²) >= 11 is 0. The van der Waals surface area contributed by atoms with Gasteiger partial charge in [0.05, 0.1) is 6.61 Å². The van der Waals surface area contributed by atoms with E-state index in [1.165, 1.54) is 19.3 Å². The van der Waals surface area contributed by atoms with Crippen LogP contribution in [0.15, 0.2) is 4.99 Å². The molecule has 0 unspecified atom stereocenters. The van der Waals surface area contributed by atoms with E-state index >= 15 is 0 Å². The normalized spacial score (nSPS) is 15.5. The van der Waals surface area contributed by atoms with Crippen LogP contribution >= 0.6 is 0 Å². The number of guanidine groups is 1. The highest BCUT2D eigenvalue weighted by Gasteiger charge is 2.21. The van der Waals surface area contributed by atoms with Gasteiger partial charge in [-0.3, -0.25) is 4.99 Å². The van der Waals surface area contributed by atoms with Gasteiger partial charge < -0.3 is 19.9 Å². The fourth-order valence-corrected chi connectivity index (χ4v) is 2.23. The first-order valence-electron chi connectivity index (χ1n) is 9.32. The molecule has 0 amide bonds. The number of hydrogen-bond donors (Lipinski definition) is 1. The molecule has 1 saturated carbocycles. The maximum absolute atomic E-state index is 5.72. The third-order valence-electron chi connectivity index (χ3n) is 4.38. The number of nitrogens with zero attached hydrogens (tertiary/aromatic N) is 3. The zero-order chi connectivity index (χ0) is 17.1. The predicted octanol–water partition coefficient (Wildman–Crippen LogP) is 2.43. The SMILES string of the molecule is CCNC(=NCCCCN(C)C(C)C)N(C)CCOCC1CC1. The summed E-state index contributed by atoms with van der Waals surface area (Å²) in [5.41, 5.74) is 0. The summed E-state index contributed by atoms with van der Waals surface area (Å²) in [6.45, 7) is 12.2. The van der Waals surface area contributed by atoms with Gasteiger partial charge in [0.2, 0.25) is 0 Å². The Morgan fingerprint density at radius 3 is 2.57 bits per heavy atom. The number of nitrogens with one attached hydrogen (secondary N) is 1. The summed E-state index contributed by atoms with van der Waals surface area (Å²) in [4.78, 5) is 9.30. The molecule has 136 valence electrons. The van der Waals surface area contributed by atoms with Crippen molar-refractivity contribution in [1.29, 1.82) is 0 Å². The van der Waals surface area contributed by atoms with Gasteiger partial charge in [-0.05, 0) is 66.0 Å². The van der Waals surface area contributed by atoms with Crippen molar-refractivity contribution in [2.75, 3.05) is 53.5 Å². The molecule has 0 radical (unpaired) electrons. The second-order valence-corrected chi connectivity index (χ2v) is 6.96. The number of aliphatic imine (C=N–C) groups is 1. The lowest BCUT2D eigenvalue weighted by Gasteiger charge is -2.22. The molecule has 1 aliphatic rings. The summed E-state index contributed by atoms with van der Waals surface area (Å²) in [6.07, 6.45) is 5.04. The van der Waals surface area contributed by atoms with Gasteiger partial charge in [0.15, 0.2) is 5.96 Å². The highest BCUT2D eigenvalue weighted by Crippen LogP contribution is 2.28. The Labute approximate surface area is 143 Å². The smallest absolute Gasteiger partial charge is 0.193 e. The standard InChI is InChI=1S/C18H38N4O/c1-6-19-18(20-11-7-8-12-21(4)16(2)3)22(5)13-14-23-15-17-9-10-17/h16-17H,6-15H2,1-5H3,(H,19,20). The second-order valence-electron chi connectivity index (χ2n) is 6.96. The van der Waals surface area contributed by atoms with Gasteiger partial charge >= 0.3 is 0 Å². The van der Waals surface area contributed by atoms with Crippen molar-refractivity contribution in [2.24, 2.45) is 10.9 Å². The summed E-state index contributed by atoms with van der Waals surface area (Å²) in [5, 5.41) is 3.37. The van der Waals surface area contributed by atoms with Crippen LogP contribution in [-0.4, -0.2) is 75.3 Å². The molecule has 0 aliphatic heterocycles. The highest BCUT2D eigenvalue weighted by atomic mass is 16.5. The minimum absolute atomic E-state index is 0.623. The van der Waals surface area contributed by atoms with Crippen LogP contribution < -0.4 is 5.32 Å². The Balaban J connectivity index is 2.18. The van der Waals surface area contributed by atoms with Gasteiger partial charge in [-0.25, -0.2) is 0 Å². The van der Waals surface area contributed by atoms with Crippen molar-refractivity contribution in [1.82, 2.24) is 15.1 Å². The van der Waals surface area contributed by atoms with Crippen LogP contribution in [-0.2, 0) is 4.74 Å². The molecule has 0 aromatic rings. The molecule has 5 heteroatoms. The van der Waals surface area contributed by atoms with Crippen LogP contribution in [0.4, 0.5) is 0 Å². The number of hydrogen-bond acceptors (Lipinski definition) is 3. The van der Waals surface area contributed by atoms with Crippen LogP contribution in [0.1, 0.15) is 46.5 Å². The van der Waals surface area contributed by atoms with Gasteiger partial charge in [-0.15, -0.1) is 0 Å². The Morgan fingerprint density at radius 1 is 1.22 bits per heavy atom. The first-order valence-corrected chi connectivity index (χ1v) is 9.32. The first kappa shape index (κ1) is 20.2. The molecule has 0 aromatic carbocycles. The van der Waals surface area contributed by atoms with E-state index in [4.69, 9.17) is 9.73 Å². The molecule has 0 atom stereocenters. The van der Waals surface area contributed by atoms with Crippen molar-refractivity contribution in [3.8, 4) is 0 Å². The van der Waals surface area contributed by atoms with Gasteiger partial charge in [-0.2, -0.15) is 0 Å². The quantitative estimate of drug-likeness (QED) is 0.340. The van der Waals surface area contributed by atoms with Crippen LogP contribution in [0.5, 0.6) is 0 Å². The largest absolute Gasteiger partial charge is 0.379 e. The van der Waals surface area contributed by atoms with Gasteiger partial charge in [0.1, 0.15) is 0 Å². The van der Waals surface area contributed by atoms with Crippen LogP contribution in [0.3, 0.4) is 0 Å². The van der Waals surface area contributed by atoms with Crippen LogP contribution in [0.2, 0.25) is 0 Å². The van der Waals surface area contributed by atoms with Crippen molar-refractivity contribution in [2.45, 2.75) is 52.5 Å². The fourth-order valence-electron chi connectivity index (χ4n) is 2.23. The molecule has 1 N–H and O–H groups in total. The Kier molecular flexibility index (Phi) is 10.3. The minimum Gasteiger partial charge on any atom is -0.379 e. The average molecular weight is 327 g/mol. The van der Waals surface area contributed by atoms with Crippen molar-refractivity contribution < 1.29 is 4.74 Å². The van der Waals surface area contributed by atoms with Crippen LogP contribution in [0, 0.1) is 5.92 Å². The number of rotatable bonds is 12. The van der Waals surface area contributed by atoms with E-state index < -0.39 is 0 Å². The van der Waals surface area contributed by atoms with Crippen LogP contribution in [0.25, 0.3) is 0 Å². The lowest BCUT2D eigenvalue weighted by atomic mass is 10.2. The number of unbranched alkanes of at least 4 members (excludes halogenated alkanes) is 1. The molecule has 23 heavy (non-hydrogen) atoms. The number of ether oxygens (including phenoxy) is 1. The molecule has 1 fully saturated rings. The van der Waals surface area contributed by atoms with Gasteiger partial charge in [-0.1, -0.05) is 0 Å². The average Bonchev–Trinajstić information content (AvgIpc) is 3.33. The topological polar surface area (TPSA) is 40.1 Å². The zero-order valence-corrected chi connectivity index (χ0v) is 16.0. The van der Waals surface area contributed by atoms with E-state index in [1.54, 1.807) is 0 Å². The monoisotopic (exact) mass is 326 g/mol. The van der Waals surface area contributed by atoms with Crippen molar-refractivity contribution in [3.05, 3.63) is 0 Å². The Morgan fingerprint density at radius 2 is 1.96 bits per heavy atom. The molecule has 0 saturated heterocycles. The molecule has 5 nitrogen and oxygen atoms in total. The highest BCUT2D eigenvalue weighted by molar-refractivity contribution is 5.79. The van der Waals surface area contributed by atoms with E-state index in [0.29, 0.717) is 6.04 Å². The molecule has 1 aliphatic carbocycles. The van der Waals surface area contributed by atoms with Crippen molar-refractivity contribution in [3.63, 3.8) is 0 Å². The first-order chi connectivity index (χ1) is 11.0. The van der Waals surface area contributed by atoms with E-state index in [-0.39, 0.29) is 0 Å². The predicted molar refractivity (Wildman–Crippen MR) is 99.2 cm³/mol. The van der Waals surface area contributed by atoms with Gasteiger partial charge in [0.25, 0.3) is 0 Å². The van der Waals surface area contributed by atoms with E-state index in [0.717, 1.165) is 57.7 Å². The molecule has 1 rings (SSSR count). The molecule has 0 aromatic heterocycles. The maximum Gasteiger partial charge on any atom is 0.193 e. The van der Waals surface area contributed by atoms with Gasteiger partial charge in [0, 0.05) is 39.3 Å². The molecular weight excluding hydrogens is 288 g/mol. The molecule has 0 heterocycles. The summed E-state index contributed by atoms with van der Waals surface area (Å²) in [7, 11) is 4.28. The lowest BCUT2D eigenvalue weighted by Crippen LogP contribution is -2.40. The number of likely N-dealkylation sites (N-methyl/N-ethyl adjacent to an activating group) is 1. The maximum atomic E-state index is 5.72. The Bertz CT molecular complexity index is 329. The second kappa shape index (κ2) is 11.7. The summed E-state index contributed by atoms with van der Waals surface area (Å²) in [5.74, 6) is 1.84. The van der Waals surface area contributed by atoms with E-state index in [2.05, 4.69) is 50.0 Å². The third-order valence-corrected chi connectivity index (χ3v) is 4.38. The molecular formula is C18H38N4O. The van der Waals surface area contributed by atoms with Crippen molar-refractivity contribution >= 4 is 5.96 Å². The molecule has 0 bridgehead atoms. The molecule has 0 spiro atoms. The minimum atomic E-state index is 0.623. The Hall–Kier alpha value is -0.810. The fraction of sp³-hybridized carbons (Fsp3) is 0.944. The van der Waals surface area contributed by atoms with E-state index in [1.807, 2.05) is 0 Å². The lowest BCUT2D eigenvalue weighted by molar-refractivity contribution is 0.115. The zero-order valence-electron chi connectivity index (χ0n) is 16.0.